The van der Waals surface area contributed by atoms with Crippen LogP contribution in [0.15, 0.2) is 24.3 Å². The number of likely N-dealkylation sites (tertiary alicyclic amines) is 1. The number of nitrogens with zero attached hydrogens (tertiary/aromatic N) is 1. The van der Waals surface area contributed by atoms with Crippen molar-refractivity contribution in [2.45, 2.75) is 63.3 Å². The zero-order valence-electron chi connectivity index (χ0n) is 17.2. The number of nitrogens with one attached hydrogen (secondary N) is 2. The highest BCUT2D eigenvalue weighted by Gasteiger charge is 2.29. The number of rotatable bonds is 5. The number of halogens is 1. The quantitative estimate of drug-likeness (QED) is 0.771. The third-order valence-electron chi connectivity index (χ3n) is 6.73. The number of hydrogen-bond donors (Lipinski definition) is 2. The molecule has 160 valence electrons. The van der Waals surface area contributed by atoms with E-state index in [1.54, 1.807) is 0 Å². The van der Waals surface area contributed by atoms with Crippen LogP contribution in [-0.4, -0.2) is 48.9 Å². The third kappa shape index (κ3) is 5.52. The van der Waals surface area contributed by atoms with Gasteiger partial charge in [0.1, 0.15) is 0 Å². The maximum atomic E-state index is 13.0. The Balaban J connectivity index is 0.00000240. The van der Waals surface area contributed by atoms with Crippen molar-refractivity contribution in [2.24, 2.45) is 5.92 Å². The molecule has 2 saturated heterocycles. The molecule has 1 aromatic rings. The Kier molecular flexibility index (Phi) is 7.96. The first-order valence-corrected chi connectivity index (χ1v) is 11.1. The van der Waals surface area contributed by atoms with Crippen LogP contribution < -0.4 is 10.6 Å². The zero-order chi connectivity index (χ0) is 19.3. The molecule has 3 aliphatic rings. The predicted octanol–water partition coefficient (Wildman–Crippen LogP) is 3.03. The van der Waals surface area contributed by atoms with Crippen molar-refractivity contribution in [1.29, 1.82) is 0 Å². The molecule has 4 rings (SSSR count). The smallest absolute Gasteiger partial charge is 0.237 e. The van der Waals surface area contributed by atoms with E-state index in [2.05, 4.69) is 34.9 Å². The van der Waals surface area contributed by atoms with Gasteiger partial charge in [0.2, 0.25) is 11.8 Å². The molecule has 2 heterocycles. The van der Waals surface area contributed by atoms with Crippen LogP contribution in [0.3, 0.4) is 0 Å². The van der Waals surface area contributed by atoms with Gasteiger partial charge >= 0.3 is 0 Å². The molecular formula is C23H34ClN3O2. The number of hydrogen-bond acceptors (Lipinski definition) is 3. The van der Waals surface area contributed by atoms with Gasteiger partial charge < -0.3 is 15.5 Å². The molecule has 2 aliphatic heterocycles. The molecule has 1 aromatic carbocycles. The Hall–Kier alpha value is -1.59. The molecule has 5 nitrogen and oxygen atoms in total. The van der Waals surface area contributed by atoms with Gasteiger partial charge in [0.25, 0.3) is 0 Å². The van der Waals surface area contributed by atoms with Crippen molar-refractivity contribution in [3.8, 4) is 0 Å². The SMILES string of the molecule is Cl.O=C(NCC1CCCN(C(=O)CC2CCCc3ccccc32)C1)C1CCCN1. The maximum absolute atomic E-state index is 13.0. The summed E-state index contributed by atoms with van der Waals surface area (Å²) in [6, 6.07) is 8.60. The molecule has 0 bridgehead atoms. The van der Waals surface area contributed by atoms with E-state index in [1.165, 1.54) is 17.5 Å². The molecule has 2 N–H and O–H groups in total. The fraction of sp³-hybridized carbons (Fsp3) is 0.652. The maximum Gasteiger partial charge on any atom is 0.237 e. The zero-order valence-corrected chi connectivity index (χ0v) is 18.0. The van der Waals surface area contributed by atoms with E-state index in [9.17, 15) is 9.59 Å². The van der Waals surface area contributed by atoms with E-state index in [0.717, 1.165) is 58.2 Å². The number of benzene rings is 1. The number of carbonyl (C=O) groups is 2. The largest absolute Gasteiger partial charge is 0.354 e. The highest BCUT2D eigenvalue weighted by molar-refractivity contribution is 5.85. The first-order valence-electron chi connectivity index (χ1n) is 11.1. The minimum atomic E-state index is -0.0207. The summed E-state index contributed by atoms with van der Waals surface area (Å²) in [6.45, 7) is 3.27. The molecule has 0 saturated carbocycles. The van der Waals surface area contributed by atoms with E-state index in [1.807, 2.05) is 4.90 Å². The lowest BCUT2D eigenvalue weighted by atomic mass is 9.81. The van der Waals surface area contributed by atoms with Crippen molar-refractivity contribution >= 4 is 24.2 Å². The molecule has 1 aliphatic carbocycles. The van der Waals surface area contributed by atoms with Crippen molar-refractivity contribution in [2.75, 3.05) is 26.2 Å². The van der Waals surface area contributed by atoms with Gasteiger partial charge in [-0.05, 0) is 74.5 Å². The lowest BCUT2D eigenvalue weighted by molar-refractivity contribution is -0.133. The average Bonchev–Trinajstić information content (AvgIpc) is 3.27. The van der Waals surface area contributed by atoms with Crippen LogP contribution in [0.25, 0.3) is 0 Å². The van der Waals surface area contributed by atoms with E-state index >= 15 is 0 Å². The van der Waals surface area contributed by atoms with Gasteiger partial charge in [-0.15, -0.1) is 12.4 Å². The van der Waals surface area contributed by atoms with E-state index in [-0.39, 0.29) is 30.3 Å². The Labute approximate surface area is 180 Å². The second-order valence-electron chi connectivity index (χ2n) is 8.73. The van der Waals surface area contributed by atoms with Crippen LogP contribution in [0.2, 0.25) is 0 Å². The lowest BCUT2D eigenvalue weighted by Crippen LogP contribution is -2.47. The molecule has 0 spiro atoms. The summed E-state index contributed by atoms with van der Waals surface area (Å²) >= 11 is 0. The first kappa shape index (κ1) is 22.1. The molecular weight excluding hydrogens is 386 g/mol. The summed E-state index contributed by atoms with van der Waals surface area (Å²) in [5.74, 6) is 1.16. The van der Waals surface area contributed by atoms with E-state index in [4.69, 9.17) is 0 Å². The fourth-order valence-electron chi connectivity index (χ4n) is 5.14. The monoisotopic (exact) mass is 419 g/mol. The Morgan fingerprint density at radius 1 is 1.10 bits per heavy atom. The topological polar surface area (TPSA) is 61.4 Å². The number of fused-ring (bicyclic) bond motifs is 1. The standard InChI is InChI=1S/C23H33N3O2.ClH/c27-22(14-19-9-3-8-18-7-1-2-10-20(18)19)26-13-5-6-17(16-26)15-25-23(28)21-11-4-12-24-21;/h1-2,7,10,17,19,21,24H,3-6,8-9,11-16H2,(H,25,28);1H. The van der Waals surface area contributed by atoms with Crippen LogP contribution in [0.4, 0.5) is 0 Å². The van der Waals surface area contributed by atoms with Gasteiger partial charge in [0.15, 0.2) is 0 Å². The van der Waals surface area contributed by atoms with Gasteiger partial charge in [0, 0.05) is 26.1 Å². The van der Waals surface area contributed by atoms with Crippen LogP contribution in [-0.2, 0) is 16.0 Å². The molecule has 6 heteroatoms. The third-order valence-corrected chi connectivity index (χ3v) is 6.73. The molecule has 2 fully saturated rings. The minimum Gasteiger partial charge on any atom is -0.354 e. The summed E-state index contributed by atoms with van der Waals surface area (Å²) in [5.41, 5.74) is 2.80. The van der Waals surface area contributed by atoms with Gasteiger partial charge in [0.05, 0.1) is 6.04 Å². The molecule has 29 heavy (non-hydrogen) atoms. The van der Waals surface area contributed by atoms with Gasteiger partial charge in [-0.2, -0.15) is 0 Å². The highest BCUT2D eigenvalue weighted by atomic mass is 35.5. The summed E-state index contributed by atoms with van der Waals surface area (Å²) in [5, 5.41) is 6.36. The van der Waals surface area contributed by atoms with Gasteiger partial charge in [-0.1, -0.05) is 24.3 Å². The second kappa shape index (κ2) is 10.4. The molecule has 2 amide bonds. The van der Waals surface area contributed by atoms with Gasteiger partial charge in [-0.25, -0.2) is 0 Å². The minimum absolute atomic E-state index is 0. The van der Waals surface area contributed by atoms with Crippen LogP contribution in [0.5, 0.6) is 0 Å². The summed E-state index contributed by atoms with van der Waals surface area (Å²) in [7, 11) is 0. The Bertz CT molecular complexity index is 705. The van der Waals surface area contributed by atoms with Crippen LogP contribution in [0.1, 0.15) is 62.0 Å². The van der Waals surface area contributed by atoms with E-state index < -0.39 is 0 Å². The second-order valence-corrected chi connectivity index (χ2v) is 8.73. The molecule has 0 aromatic heterocycles. The van der Waals surface area contributed by atoms with E-state index in [0.29, 0.717) is 24.8 Å². The lowest BCUT2D eigenvalue weighted by Gasteiger charge is -2.34. The van der Waals surface area contributed by atoms with Crippen molar-refractivity contribution in [3.05, 3.63) is 35.4 Å². The summed E-state index contributed by atoms with van der Waals surface area (Å²) < 4.78 is 0. The normalized spacial score (nSPS) is 26.3. The summed E-state index contributed by atoms with van der Waals surface area (Å²) in [4.78, 5) is 27.3. The number of aryl methyl sites for hydroxylation is 1. The molecule has 3 unspecified atom stereocenters. The predicted molar refractivity (Wildman–Crippen MR) is 117 cm³/mol. The van der Waals surface area contributed by atoms with Crippen molar-refractivity contribution < 1.29 is 9.59 Å². The van der Waals surface area contributed by atoms with Crippen molar-refractivity contribution in [3.63, 3.8) is 0 Å². The average molecular weight is 420 g/mol. The highest BCUT2D eigenvalue weighted by Crippen LogP contribution is 2.34. The van der Waals surface area contributed by atoms with Crippen LogP contribution >= 0.6 is 12.4 Å². The van der Waals surface area contributed by atoms with Crippen LogP contribution in [0, 0.1) is 5.92 Å². The number of carbonyl (C=O) groups excluding carboxylic acids is 2. The van der Waals surface area contributed by atoms with Crippen molar-refractivity contribution in [1.82, 2.24) is 15.5 Å². The first-order chi connectivity index (χ1) is 13.7. The number of amides is 2. The molecule has 0 radical (unpaired) electrons. The fourth-order valence-corrected chi connectivity index (χ4v) is 5.14. The van der Waals surface area contributed by atoms with Gasteiger partial charge in [-0.3, -0.25) is 9.59 Å². The number of piperidine rings is 1. The summed E-state index contributed by atoms with van der Waals surface area (Å²) in [6.07, 6.45) is 8.20. The Morgan fingerprint density at radius 3 is 2.79 bits per heavy atom. The Morgan fingerprint density at radius 2 is 1.97 bits per heavy atom. The molecule has 3 atom stereocenters.